The molecule has 4 aromatic rings. The van der Waals surface area contributed by atoms with E-state index in [0.717, 1.165) is 19.4 Å². The monoisotopic (exact) mass is 539 g/mol. The lowest BCUT2D eigenvalue weighted by atomic mass is 9.76. The Balaban J connectivity index is 1.46. The Hall–Kier alpha value is -3.91. The molecule has 0 amide bonds. The Bertz CT molecular complexity index is 1690. The van der Waals surface area contributed by atoms with Gasteiger partial charge in [-0.3, -0.25) is 0 Å². The number of allylic oxidation sites excluding steroid dienone is 4. The maximum Gasteiger partial charge on any atom is 0.217 e. The van der Waals surface area contributed by atoms with Crippen LogP contribution in [0.25, 0.3) is 10.8 Å². The second-order valence-corrected chi connectivity index (χ2v) is 13.0. The summed E-state index contributed by atoms with van der Waals surface area (Å²) in [5.74, 6) is 0.647. The number of likely N-dealkylation sites (N-methyl/N-ethyl adjacent to an activating group) is 1. The highest BCUT2D eigenvalue weighted by atomic mass is 15.2. The molecule has 0 saturated heterocycles. The summed E-state index contributed by atoms with van der Waals surface area (Å²) in [6.45, 7) is 12.9. The molecule has 2 heteroatoms. The molecule has 0 spiro atoms. The molecule has 1 atom stereocenters. The van der Waals surface area contributed by atoms with Crippen molar-refractivity contribution < 1.29 is 4.58 Å². The maximum absolute atomic E-state index is 2.61. The molecule has 4 aromatic carbocycles. The first-order valence-corrected chi connectivity index (χ1v) is 15.1. The van der Waals surface area contributed by atoms with Gasteiger partial charge >= 0.3 is 0 Å². The molecule has 1 unspecified atom stereocenters. The van der Waals surface area contributed by atoms with Crippen LogP contribution in [0.3, 0.4) is 0 Å². The van der Waals surface area contributed by atoms with E-state index < -0.39 is 0 Å². The fraction of sp³-hybridized carbons (Fsp3) is 0.308. The second kappa shape index (κ2) is 10.5. The van der Waals surface area contributed by atoms with E-state index in [-0.39, 0.29) is 10.8 Å². The van der Waals surface area contributed by atoms with Gasteiger partial charge < -0.3 is 4.90 Å². The van der Waals surface area contributed by atoms with E-state index in [1.165, 1.54) is 50.2 Å². The predicted molar refractivity (Wildman–Crippen MR) is 176 cm³/mol. The highest BCUT2D eigenvalue weighted by Crippen LogP contribution is 2.49. The standard InChI is InChI=1S/C39H43N2/c1-28(2)25-26-41-35(38(3,4)33-24-23-30-17-10-11-18-31(30)37(33)41)21-14-22-36-39(5,27-29-15-8-7-9-16-29)32-19-12-13-20-34(32)40(36)6/h7-24,28H,25-27H2,1-6H3/q+1. The molecular weight excluding hydrogens is 496 g/mol. The van der Waals surface area contributed by atoms with Gasteiger partial charge in [0.05, 0.1) is 10.8 Å². The summed E-state index contributed by atoms with van der Waals surface area (Å²) in [5, 5.41) is 2.66. The zero-order valence-electron chi connectivity index (χ0n) is 25.5. The van der Waals surface area contributed by atoms with Gasteiger partial charge in [-0.2, -0.15) is 4.58 Å². The number of anilines is 1. The summed E-state index contributed by atoms with van der Waals surface area (Å²) in [5.41, 5.74) is 9.41. The normalized spacial score (nSPS) is 20.6. The van der Waals surface area contributed by atoms with Crippen LogP contribution >= 0.6 is 0 Å². The van der Waals surface area contributed by atoms with E-state index in [1.54, 1.807) is 0 Å². The van der Waals surface area contributed by atoms with Gasteiger partial charge in [-0.1, -0.05) is 98.8 Å². The van der Waals surface area contributed by atoms with Crippen molar-refractivity contribution in [2.45, 2.75) is 58.3 Å². The number of hydrogen-bond acceptors (Lipinski definition) is 1. The molecule has 208 valence electrons. The van der Waals surface area contributed by atoms with E-state index >= 15 is 0 Å². The number of benzene rings is 4. The van der Waals surface area contributed by atoms with Gasteiger partial charge in [0.25, 0.3) is 0 Å². The number of nitrogens with zero attached hydrogens (tertiary/aromatic N) is 2. The van der Waals surface area contributed by atoms with Crippen LogP contribution < -0.4 is 4.90 Å². The van der Waals surface area contributed by atoms with Crippen molar-refractivity contribution in [1.29, 1.82) is 0 Å². The van der Waals surface area contributed by atoms with E-state index in [4.69, 9.17) is 0 Å². The highest BCUT2D eigenvalue weighted by molar-refractivity contribution is 6.07. The van der Waals surface area contributed by atoms with Crippen molar-refractivity contribution in [2.75, 3.05) is 18.5 Å². The first-order valence-electron chi connectivity index (χ1n) is 15.1. The quantitative estimate of drug-likeness (QED) is 0.212. The van der Waals surface area contributed by atoms with Crippen LogP contribution in [0.2, 0.25) is 0 Å². The SMILES string of the molecule is CC(C)CC[N+]1=C(C=CC=C2N(C)c3ccccc3C2(C)Cc2ccccc2)C(C)(C)c2ccc3ccccc3c21. The van der Waals surface area contributed by atoms with Crippen molar-refractivity contribution >= 4 is 27.9 Å². The molecule has 0 radical (unpaired) electrons. The molecule has 0 bridgehead atoms. The predicted octanol–water partition coefficient (Wildman–Crippen LogP) is 9.35. The lowest BCUT2D eigenvalue weighted by Gasteiger charge is -2.29. The Morgan fingerprint density at radius 1 is 0.805 bits per heavy atom. The fourth-order valence-electron chi connectivity index (χ4n) is 7.15. The van der Waals surface area contributed by atoms with Crippen LogP contribution in [0.5, 0.6) is 0 Å². The number of hydrogen-bond donors (Lipinski definition) is 0. The minimum absolute atomic E-state index is 0.0801. The fourth-order valence-corrected chi connectivity index (χ4v) is 7.15. The Morgan fingerprint density at radius 2 is 1.51 bits per heavy atom. The van der Waals surface area contributed by atoms with Crippen molar-refractivity contribution in [3.63, 3.8) is 0 Å². The first-order chi connectivity index (χ1) is 19.7. The molecule has 6 rings (SSSR count). The molecule has 0 N–H and O–H groups in total. The van der Waals surface area contributed by atoms with Gasteiger partial charge in [0.1, 0.15) is 6.54 Å². The molecule has 0 aromatic heterocycles. The van der Waals surface area contributed by atoms with E-state index in [2.05, 4.69) is 160 Å². The van der Waals surface area contributed by atoms with Gasteiger partial charge in [-0.25, -0.2) is 0 Å². The Morgan fingerprint density at radius 3 is 2.29 bits per heavy atom. The first kappa shape index (κ1) is 27.3. The van der Waals surface area contributed by atoms with Gasteiger partial charge in [-0.15, -0.1) is 0 Å². The highest BCUT2D eigenvalue weighted by Gasteiger charge is 2.45. The van der Waals surface area contributed by atoms with E-state index in [9.17, 15) is 0 Å². The van der Waals surface area contributed by atoms with Crippen LogP contribution in [-0.4, -0.2) is 23.9 Å². The largest absolute Gasteiger partial charge is 0.347 e. The van der Waals surface area contributed by atoms with Gasteiger partial charge in [-0.05, 0) is 67.8 Å². The van der Waals surface area contributed by atoms with Gasteiger partial charge in [0.2, 0.25) is 5.69 Å². The Labute approximate surface area is 246 Å². The Kier molecular flexibility index (Phi) is 6.98. The zero-order chi connectivity index (χ0) is 28.8. The summed E-state index contributed by atoms with van der Waals surface area (Å²) in [4.78, 5) is 2.39. The molecule has 2 aliphatic rings. The van der Waals surface area contributed by atoms with Crippen LogP contribution in [-0.2, 0) is 17.3 Å². The number of fused-ring (bicyclic) bond motifs is 4. The van der Waals surface area contributed by atoms with Crippen molar-refractivity contribution in [1.82, 2.24) is 0 Å². The average Bonchev–Trinajstić information content (AvgIpc) is 3.32. The van der Waals surface area contributed by atoms with E-state index in [0.29, 0.717) is 5.92 Å². The molecular formula is C39H43N2+. The van der Waals surface area contributed by atoms with Crippen LogP contribution in [0.4, 0.5) is 11.4 Å². The van der Waals surface area contributed by atoms with Crippen LogP contribution in [0.15, 0.2) is 115 Å². The molecule has 0 fully saturated rings. The molecule has 41 heavy (non-hydrogen) atoms. The summed E-state index contributed by atoms with van der Waals surface area (Å²) < 4.78 is 2.61. The van der Waals surface area contributed by atoms with Crippen molar-refractivity contribution in [3.05, 3.63) is 132 Å². The molecule has 2 aliphatic heterocycles. The summed E-state index contributed by atoms with van der Waals surface area (Å²) in [6, 6.07) is 33.3. The third-order valence-electron chi connectivity index (χ3n) is 9.40. The second-order valence-electron chi connectivity index (χ2n) is 13.0. The lowest BCUT2D eigenvalue weighted by molar-refractivity contribution is -0.437. The summed E-state index contributed by atoms with van der Waals surface area (Å²) in [6.07, 6.45) is 9.20. The van der Waals surface area contributed by atoms with Crippen molar-refractivity contribution in [2.24, 2.45) is 5.92 Å². The molecule has 0 aliphatic carbocycles. The summed E-state index contributed by atoms with van der Waals surface area (Å²) >= 11 is 0. The van der Waals surface area contributed by atoms with Crippen LogP contribution in [0, 0.1) is 5.92 Å². The molecule has 2 heterocycles. The maximum atomic E-state index is 2.61. The summed E-state index contributed by atoms with van der Waals surface area (Å²) in [7, 11) is 2.22. The zero-order valence-corrected chi connectivity index (χ0v) is 25.5. The molecule has 0 saturated carbocycles. The number of para-hydroxylation sites is 1. The van der Waals surface area contributed by atoms with Crippen molar-refractivity contribution in [3.8, 4) is 0 Å². The smallest absolute Gasteiger partial charge is 0.217 e. The molecule has 2 nitrogen and oxygen atoms in total. The lowest BCUT2D eigenvalue weighted by Crippen LogP contribution is -2.29. The van der Waals surface area contributed by atoms with Gasteiger partial charge in [0.15, 0.2) is 5.71 Å². The third kappa shape index (κ3) is 4.64. The third-order valence-corrected chi connectivity index (χ3v) is 9.40. The van der Waals surface area contributed by atoms with Gasteiger partial charge in [0, 0.05) is 41.9 Å². The minimum atomic E-state index is -0.108. The average molecular weight is 540 g/mol. The number of rotatable bonds is 7. The van der Waals surface area contributed by atoms with E-state index in [1.807, 2.05) is 0 Å². The topological polar surface area (TPSA) is 6.25 Å². The minimum Gasteiger partial charge on any atom is -0.347 e. The van der Waals surface area contributed by atoms with Crippen LogP contribution in [0.1, 0.15) is 57.7 Å².